The quantitative estimate of drug-likeness (QED) is 0.641. The zero-order valence-corrected chi connectivity index (χ0v) is 15.6. The Morgan fingerprint density at radius 3 is 2.50 bits per heavy atom. The molecule has 134 valence electrons. The molecule has 0 atom stereocenters. The van der Waals surface area contributed by atoms with Crippen molar-refractivity contribution in [2.45, 2.75) is 52.1 Å². The Morgan fingerprint density at radius 2 is 1.88 bits per heavy atom. The lowest BCUT2D eigenvalue weighted by molar-refractivity contribution is 0.229. The highest BCUT2D eigenvalue weighted by molar-refractivity contribution is 5.40. The van der Waals surface area contributed by atoms with Crippen LogP contribution in [-0.4, -0.2) is 20.9 Å². The molecule has 0 aliphatic heterocycles. The lowest BCUT2D eigenvalue weighted by Gasteiger charge is -2.09. The molecule has 4 nitrogen and oxygen atoms in total. The van der Waals surface area contributed by atoms with Crippen LogP contribution < -0.4 is 4.74 Å². The summed E-state index contributed by atoms with van der Waals surface area (Å²) >= 11 is 0. The first-order chi connectivity index (χ1) is 12.6. The maximum Gasteiger partial charge on any atom is 0.237 e. The molecule has 4 rings (SSSR count). The van der Waals surface area contributed by atoms with Crippen molar-refractivity contribution in [2.75, 3.05) is 0 Å². The van der Waals surface area contributed by atoms with E-state index in [1.54, 1.807) is 0 Å². The summed E-state index contributed by atoms with van der Waals surface area (Å²) in [6, 6.07) is 14.7. The third-order valence-electron chi connectivity index (χ3n) is 4.81. The van der Waals surface area contributed by atoms with Crippen molar-refractivity contribution in [3.05, 3.63) is 71.0 Å². The maximum atomic E-state index is 6.01. The number of ether oxygens (including phenoxy) is 1. The van der Waals surface area contributed by atoms with Crippen molar-refractivity contribution in [3.8, 4) is 11.7 Å². The van der Waals surface area contributed by atoms with Crippen molar-refractivity contribution in [1.29, 1.82) is 0 Å². The van der Waals surface area contributed by atoms with Gasteiger partial charge in [0.25, 0.3) is 0 Å². The van der Waals surface area contributed by atoms with Gasteiger partial charge in [0.2, 0.25) is 5.88 Å². The van der Waals surface area contributed by atoms with Crippen LogP contribution >= 0.6 is 0 Å². The van der Waals surface area contributed by atoms with E-state index in [-0.39, 0.29) is 6.10 Å². The number of nitrogens with zero attached hydrogens (tertiary/aromatic N) is 3. The van der Waals surface area contributed by atoms with Crippen LogP contribution in [0.2, 0.25) is 0 Å². The van der Waals surface area contributed by atoms with Crippen LogP contribution in [-0.2, 0) is 6.42 Å². The first-order valence-corrected chi connectivity index (χ1v) is 9.37. The third kappa shape index (κ3) is 3.50. The molecular weight excluding hydrogens is 322 g/mol. The molecule has 0 saturated heterocycles. The van der Waals surface area contributed by atoms with Gasteiger partial charge in [-0.1, -0.05) is 36.4 Å². The zero-order valence-electron chi connectivity index (χ0n) is 15.6. The Bertz CT molecular complexity index is 878. The molecule has 0 bridgehead atoms. The second-order valence-electron chi connectivity index (χ2n) is 7.33. The summed E-state index contributed by atoms with van der Waals surface area (Å²) in [5.74, 6) is 2.26. The fourth-order valence-corrected chi connectivity index (χ4v) is 3.23. The van der Waals surface area contributed by atoms with Crippen molar-refractivity contribution in [2.24, 2.45) is 0 Å². The smallest absolute Gasteiger partial charge is 0.237 e. The van der Waals surface area contributed by atoms with Crippen molar-refractivity contribution >= 4 is 0 Å². The molecule has 4 heteroatoms. The first-order valence-electron chi connectivity index (χ1n) is 9.37. The number of hydrogen-bond acceptors (Lipinski definition) is 3. The van der Waals surface area contributed by atoms with Gasteiger partial charge in [-0.3, -0.25) is 0 Å². The van der Waals surface area contributed by atoms with E-state index in [4.69, 9.17) is 9.84 Å². The Labute approximate surface area is 154 Å². The minimum atomic E-state index is 0.0810. The number of benzene rings is 1. The molecule has 0 amide bonds. The maximum absolute atomic E-state index is 6.01. The highest BCUT2D eigenvalue weighted by atomic mass is 16.5. The molecule has 1 aliphatic carbocycles. The first kappa shape index (κ1) is 16.8. The summed E-state index contributed by atoms with van der Waals surface area (Å²) in [5, 5.41) is 4.74. The number of hydrogen-bond donors (Lipinski definition) is 0. The molecule has 1 fully saturated rings. The van der Waals surface area contributed by atoms with E-state index in [0.717, 1.165) is 23.5 Å². The van der Waals surface area contributed by atoms with Gasteiger partial charge in [-0.2, -0.15) is 0 Å². The SMILES string of the molecule is Cc1c(Cc2ccccc2)c(OC(C)C)nn1-c1ccc(C2CC2)cn1. The summed E-state index contributed by atoms with van der Waals surface area (Å²) < 4.78 is 7.92. The average Bonchev–Trinajstić information content (AvgIpc) is 3.45. The van der Waals surface area contributed by atoms with E-state index in [2.05, 4.69) is 48.3 Å². The molecule has 1 aromatic carbocycles. The molecule has 26 heavy (non-hydrogen) atoms. The van der Waals surface area contributed by atoms with E-state index in [1.165, 1.54) is 24.0 Å². The van der Waals surface area contributed by atoms with Crippen molar-refractivity contribution in [3.63, 3.8) is 0 Å². The van der Waals surface area contributed by atoms with E-state index < -0.39 is 0 Å². The average molecular weight is 347 g/mol. The van der Waals surface area contributed by atoms with Crippen LogP contribution in [0.3, 0.4) is 0 Å². The van der Waals surface area contributed by atoms with E-state index in [0.29, 0.717) is 11.8 Å². The standard InChI is InChI=1S/C22H25N3O/c1-15(2)26-22-20(13-17-7-5-4-6-8-17)16(3)25(24-22)21-12-11-19(14-23-21)18-9-10-18/h4-8,11-12,14-15,18H,9-10,13H2,1-3H3. The lowest BCUT2D eigenvalue weighted by atomic mass is 10.1. The van der Waals surface area contributed by atoms with Crippen LogP contribution in [0.25, 0.3) is 5.82 Å². The summed E-state index contributed by atoms with van der Waals surface area (Å²) in [6.07, 6.45) is 5.45. The fraction of sp³-hybridized carbons (Fsp3) is 0.364. The van der Waals surface area contributed by atoms with E-state index >= 15 is 0 Å². The molecule has 0 unspecified atom stereocenters. The van der Waals surface area contributed by atoms with Gasteiger partial charge in [0, 0.05) is 18.2 Å². The molecule has 1 aliphatic rings. The summed E-state index contributed by atoms with van der Waals surface area (Å²) in [4.78, 5) is 4.66. The molecule has 0 radical (unpaired) electrons. The number of aromatic nitrogens is 3. The van der Waals surface area contributed by atoms with Gasteiger partial charge in [-0.25, -0.2) is 9.67 Å². The molecular formula is C22H25N3O. The number of pyridine rings is 1. The second-order valence-corrected chi connectivity index (χ2v) is 7.33. The van der Waals surface area contributed by atoms with Gasteiger partial charge < -0.3 is 4.74 Å². The van der Waals surface area contributed by atoms with Gasteiger partial charge in [0.1, 0.15) is 0 Å². The summed E-state index contributed by atoms with van der Waals surface area (Å²) in [7, 11) is 0. The zero-order chi connectivity index (χ0) is 18.1. The largest absolute Gasteiger partial charge is 0.474 e. The normalized spacial score (nSPS) is 14.0. The molecule has 2 aromatic heterocycles. The van der Waals surface area contributed by atoms with Crippen LogP contribution in [0.1, 0.15) is 55.0 Å². The summed E-state index contributed by atoms with van der Waals surface area (Å²) in [6.45, 7) is 6.15. The molecule has 0 spiro atoms. The molecule has 0 N–H and O–H groups in total. The van der Waals surface area contributed by atoms with Crippen LogP contribution in [0.4, 0.5) is 0 Å². The van der Waals surface area contributed by atoms with Gasteiger partial charge >= 0.3 is 0 Å². The molecule has 3 aromatic rings. The van der Waals surface area contributed by atoms with Crippen molar-refractivity contribution < 1.29 is 4.74 Å². The minimum absolute atomic E-state index is 0.0810. The fourth-order valence-electron chi connectivity index (χ4n) is 3.23. The van der Waals surface area contributed by atoms with Gasteiger partial charge in [0.15, 0.2) is 5.82 Å². The molecule has 2 heterocycles. The third-order valence-corrected chi connectivity index (χ3v) is 4.81. The van der Waals surface area contributed by atoms with Crippen LogP contribution in [0, 0.1) is 6.92 Å². The number of rotatable bonds is 6. The molecule has 1 saturated carbocycles. The predicted molar refractivity (Wildman–Crippen MR) is 103 cm³/mol. The highest BCUT2D eigenvalue weighted by Crippen LogP contribution is 2.39. The van der Waals surface area contributed by atoms with Gasteiger partial charge in [0.05, 0.1) is 11.8 Å². The van der Waals surface area contributed by atoms with Gasteiger partial charge in [-0.15, -0.1) is 5.10 Å². The Kier molecular flexibility index (Phi) is 4.49. The Balaban J connectivity index is 1.70. The van der Waals surface area contributed by atoms with Crippen molar-refractivity contribution in [1.82, 2.24) is 14.8 Å². The topological polar surface area (TPSA) is 39.9 Å². The monoisotopic (exact) mass is 347 g/mol. The summed E-state index contributed by atoms with van der Waals surface area (Å²) in [5.41, 5.74) is 4.79. The second kappa shape index (κ2) is 6.94. The predicted octanol–water partition coefficient (Wildman–Crippen LogP) is 4.83. The minimum Gasteiger partial charge on any atom is -0.474 e. The van der Waals surface area contributed by atoms with Crippen LogP contribution in [0.5, 0.6) is 5.88 Å². The Hall–Kier alpha value is -2.62. The Morgan fingerprint density at radius 1 is 1.12 bits per heavy atom. The van der Waals surface area contributed by atoms with E-state index in [9.17, 15) is 0 Å². The van der Waals surface area contributed by atoms with E-state index in [1.807, 2.05) is 30.8 Å². The lowest BCUT2D eigenvalue weighted by Crippen LogP contribution is -2.08. The van der Waals surface area contributed by atoms with Gasteiger partial charge in [-0.05, 0) is 56.7 Å². The highest BCUT2D eigenvalue weighted by Gasteiger charge is 2.24. The van der Waals surface area contributed by atoms with Crippen LogP contribution in [0.15, 0.2) is 48.7 Å².